The Morgan fingerprint density at radius 2 is 2.00 bits per heavy atom. The number of carbonyl (C=O) groups excluding carboxylic acids is 1. The van der Waals surface area contributed by atoms with E-state index in [0.717, 1.165) is 73.2 Å². The average molecular weight is 383 g/mol. The summed E-state index contributed by atoms with van der Waals surface area (Å²) in [5.41, 5.74) is 3.72. The Morgan fingerprint density at radius 3 is 2.75 bits per heavy atom. The Hall–Kier alpha value is -1.98. The molecule has 0 spiro atoms. The number of piperidine rings is 1. The van der Waals surface area contributed by atoms with Gasteiger partial charge in [0.15, 0.2) is 0 Å². The number of aromatic nitrogens is 1. The molecule has 2 aromatic rings. The number of para-hydroxylation sites is 1. The maximum absolute atomic E-state index is 13.3. The van der Waals surface area contributed by atoms with Crippen molar-refractivity contribution < 1.29 is 4.79 Å². The molecule has 1 fully saturated rings. The molecule has 1 aromatic carbocycles. The maximum Gasteiger partial charge on any atom is 0.255 e. The Balaban J connectivity index is 1.72. The van der Waals surface area contributed by atoms with Gasteiger partial charge >= 0.3 is 0 Å². The van der Waals surface area contributed by atoms with Gasteiger partial charge in [0.25, 0.3) is 5.91 Å². The van der Waals surface area contributed by atoms with E-state index in [1.54, 1.807) is 0 Å². The van der Waals surface area contributed by atoms with Crippen molar-refractivity contribution in [2.24, 2.45) is 0 Å². The van der Waals surface area contributed by atoms with Crippen LogP contribution in [0.15, 0.2) is 24.3 Å². The van der Waals surface area contributed by atoms with Crippen LogP contribution in [0.1, 0.15) is 40.9 Å². The van der Waals surface area contributed by atoms with Gasteiger partial charge in [-0.25, -0.2) is 0 Å². The normalized spacial score (nSPS) is 17.7. The fraction of sp³-hybridized carbons (Fsp3) is 0.565. The van der Waals surface area contributed by atoms with Crippen molar-refractivity contribution in [3.8, 4) is 0 Å². The van der Waals surface area contributed by atoms with Gasteiger partial charge in [-0.15, -0.1) is 0 Å². The number of carbonyl (C=O) groups is 1. The predicted molar refractivity (Wildman–Crippen MR) is 116 cm³/mol. The van der Waals surface area contributed by atoms with E-state index in [1.807, 2.05) is 30.0 Å². The smallest absolute Gasteiger partial charge is 0.255 e. The summed E-state index contributed by atoms with van der Waals surface area (Å²) >= 11 is 0. The molecule has 1 aliphatic rings. The zero-order valence-electron chi connectivity index (χ0n) is 18.0. The van der Waals surface area contributed by atoms with E-state index in [0.29, 0.717) is 6.04 Å². The van der Waals surface area contributed by atoms with E-state index in [1.165, 1.54) is 0 Å². The van der Waals surface area contributed by atoms with Crippen LogP contribution in [-0.2, 0) is 0 Å². The first-order valence-electron chi connectivity index (χ1n) is 10.4. The van der Waals surface area contributed by atoms with Gasteiger partial charge < -0.3 is 14.7 Å². The van der Waals surface area contributed by atoms with Crippen LogP contribution in [-0.4, -0.2) is 79.0 Å². The van der Waals surface area contributed by atoms with Crippen molar-refractivity contribution in [1.29, 1.82) is 0 Å². The highest BCUT2D eigenvalue weighted by atomic mass is 16.2. The third kappa shape index (κ3) is 4.70. The van der Waals surface area contributed by atoms with Crippen LogP contribution < -0.4 is 0 Å². The minimum absolute atomic E-state index is 0.125. The molecule has 0 radical (unpaired) electrons. The monoisotopic (exact) mass is 382 g/mol. The summed E-state index contributed by atoms with van der Waals surface area (Å²) in [5.74, 6) is 0.125. The van der Waals surface area contributed by atoms with Crippen molar-refractivity contribution in [3.05, 3.63) is 41.1 Å². The molecule has 1 saturated heterocycles. The molecule has 5 nitrogen and oxygen atoms in total. The molecule has 1 atom stereocenters. The SMILES string of the molecule is Cc1nc2c(C)cccc2cc1C(=O)N1CCC[C@@H](N(C)CCCN(C)C)C1. The molecule has 0 saturated carbocycles. The maximum atomic E-state index is 13.3. The molecule has 5 heteroatoms. The molecule has 0 aliphatic carbocycles. The highest BCUT2D eigenvalue weighted by Gasteiger charge is 2.28. The summed E-state index contributed by atoms with van der Waals surface area (Å²) in [5, 5.41) is 1.04. The minimum atomic E-state index is 0.125. The van der Waals surface area contributed by atoms with Crippen molar-refractivity contribution >= 4 is 16.8 Å². The van der Waals surface area contributed by atoms with Crippen LogP contribution in [0.3, 0.4) is 0 Å². The molecule has 2 heterocycles. The molecule has 28 heavy (non-hydrogen) atoms. The molecule has 3 rings (SSSR count). The van der Waals surface area contributed by atoms with Gasteiger partial charge in [-0.05, 0) is 79.0 Å². The number of likely N-dealkylation sites (N-methyl/N-ethyl adjacent to an activating group) is 1. The second-order valence-electron chi connectivity index (χ2n) is 8.45. The first-order valence-corrected chi connectivity index (χ1v) is 10.4. The number of rotatable bonds is 6. The highest BCUT2D eigenvalue weighted by molar-refractivity contribution is 5.99. The second-order valence-corrected chi connectivity index (χ2v) is 8.45. The molecule has 0 bridgehead atoms. The number of likely N-dealkylation sites (tertiary alicyclic amines) is 1. The Labute approximate surface area is 169 Å². The molecule has 1 amide bonds. The molecular formula is C23H34N4O. The largest absolute Gasteiger partial charge is 0.337 e. The third-order valence-electron chi connectivity index (χ3n) is 5.89. The molecule has 152 valence electrons. The fourth-order valence-electron chi connectivity index (χ4n) is 4.14. The zero-order valence-corrected chi connectivity index (χ0v) is 18.0. The Bertz CT molecular complexity index is 833. The lowest BCUT2D eigenvalue weighted by atomic mass is 10.0. The van der Waals surface area contributed by atoms with Crippen LogP contribution in [0, 0.1) is 13.8 Å². The molecule has 0 N–H and O–H groups in total. The van der Waals surface area contributed by atoms with E-state index < -0.39 is 0 Å². The lowest BCUT2D eigenvalue weighted by Gasteiger charge is -2.38. The number of hydrogen-bond acceptors (Lipinski definition) is 4. The summed E-state index contributed by atoms with van der Waals surface area (Å²) in [6, 6.07) is 8.61. The lowest BCUT2D eigenvalue weighted by molar-refractivity contribution is 0.0606. The second kappa shape index (κ2) is 9.01. The van der Waals surface area contributed by atoms with Gasteiger partial charge in [0.2, 0.25) is 0 Å². The van der Waals surface area contributed by atoms with Gasteiger partial charge in [-0.1, -0.05) is 18.2 Å². The Morgan fingerprint density at radius 1 is 1.21 bits per heavy atom. The van der Waals surface area contributed by atoms with Crippen LogP contribution in [0.5, 0.6) is 0 Å². The van der Waals surface area contributed by atoms with Crippen LogP contribution in [0.4, 0.5) is 0 Å². The molecule has 0 unspecified atom stereocenters. The highest BCUT2D eigenvalue weighted by Crippen LogP contribution is 2.23. The number of pyridine rings is 1. The molecular weight excluding hydrogens is 348 g/mol. The van der Waals surface area contributed by atoms with Gasteiger partial charge in [0.05, 0.1) is 16.8 Å². The number of aryl methyl sites for hydroxylation is 2. The minimum Gasteiger partial charge on any atom is -0.337 e. The van der Waals surface area contributed by atoms with E-state index >= 15 is 0 Å². The van der Waals surface area contributed by atoms with Crippen molar-refractivity contribution in [2.45, 2.75) is 39.2 Å². The van der Waals surface area contributed by atoms with E-state index in [-0.39, 0.29) is 5.91 Å². The van der Waals surface area contributed by atoms with E-state index in [4.69, 9.17) is 4.98 Å². The zero-order chi connectivity index (χ0) is 20.3. The van der Waals surface area contributed by atoms with Gasteiger partial charge in [0.1, 0.15) is 0 Å². The van der Waals surface area contributed by atoms with Crippen molar-refractivity contribution in [2.75, 3.05) is 47.3 Å². The van der Waals surface area contributed by atoms with Crippen molar-refractivity contribution in [3.63, 3.8) is 0 Å². The van der Waals surface area contributed by atoms with Crippen LogP contribution in [0.25, 0.3) is 10.9 Å². The first-order chi connectivity index (χ1) is 13.4. The third-order valence-corrected chi connectivity index (χ3v) is 5.89. The quantitative estimate of drug-likeness (QED) is 0.768. The fourth-order valence-corrected chi connectivity index (χ4v) is 4.14. The number of fused-ring (bicyclic) bond motifs is 1. The summed E-state index contributed by atoms with van der Waals surface area (Å²) in [6.07, 6.45) is 3.38. The summed E-state index contributed by atoms with van der Waals surface area (Å²) < 4.78 is 0. The van der Waals surface area contributed by atoms with Gasteiger partial charge in [-0.2, -0.15) is 0 Å². The molecule has 1 aromatic heterocycles. The van der Waals surface area contributed by atoms with Gasteiger partial charge in [-0.3, -0.25) is 9.78 Å². The summed E-state index contributed by atoms with van der Waals surface area (Å²) in [4.78, 5) is 24.7. The standard InChI is InChI=1S/C23H34N4O/c1-17-9-6-10-19-15-21(18(2)24-22(17)19)23(28)27-14-7-11-20(16-27)26(5)13-8-12-25(3)4/h6,9-10,15,20H,7-8,11-14,16H2,1-5H3/t20-/m1/s1. The lowest BCUT2D eigenvalue weighted by Crippen LogP contribution is -2.49. The van der Waals surface area contributed by atoms with E-state index in [9.17, 15) is 4.79 Å². The summed E-state index contributed by atoms with van der Waals surface area (Å²) in [7, 11) is 6.42. The van der Waals surface area contributed by atoms with Crippen LogP contribution >= 0.6 is 0 Å². The van der Waals surface area contributed by atoms with Gasteiger partial charge in [0, 0.05) is 24.5 Å². The predicted octanol–water partition coefficient (Wildman–Crippen LogP) is 3.34. The summed E-state index contributed by atoms with van der Waals surface area (Å²) in [6.45, 7) is 7.84. The number of nitrogens with zero attached hydrogens (tertiary/aromatic N) is 4. The number of amides is 1. The van der Waals surface area contributed by atoms with Crippen molar-refractivity contribution in [1.82, 2.24) is 19.7 Å². The van der Waals surface area contributed by atoms with E-state index in [2.05, 4.69) is 43.9 Å². The molecule has 1 aliphatic heterocycles. The average Bonchev–Trinajstić information content (AvgIpc) is 2.67. The first kappa shape index (κ1) is 20.7. The van der Waals surface area contributed by atoms with Crippen LogP contribution in [0.2, 0.25) is 0 Å². The number of benzene rings is 1. The number of hydrogen-bond donors (Lipinski definition) is 0. The Kier molecular flexibility index (Phi) is 6.68. The topological polar surface area (TPSA) is 39.7 Å².